The Hall–Kier alpha value is -1.63. The maximum atomic E-state index is 12.3. The van der Waals surface area contributed by atoms with E-state index in [0.29, 0.717) is 11.4 Å². The predicted molar refractivity (Wildman–Crippen MR) is 77.3 cm³/mol. The summed E-state index contributed by atoms with van der Waals surface area (Å²) < 4.78 is 0.717. The fourth-order valence-corrected chi connectivity index (χ4v) is 1.85. The van der Waals surface area contributed by atoms with Crippen LogP contribution in [0.4, 0.5) is 5.82 Å². The molecule has 0 unspecified atom stereocenters. The summed E-state index contributed by atoms with van der Waals surface area (Å²) in [5, 5.41) is 2.48. The third-order valence-electron chi connectivity index (χ3n) is 2.49. The smallest absolute Gasteiger partial charge is 0.257 e. The van der Waals surface area contributed by atoms with E-state index in [2.05, 4.69) is 26.2 Å². The Morgan fingerprint density at radius 2 is 2.00 bits per heavy atom. The van der Waals surface area contributed by atoms with E-state index in [4.69, 9.17) is 0 Å². The molecule has 0 saturated carbocycles. The number of carbonyl (C=O) groups is 2. The van der Waals surface area contributed by atoms with Crippen LogP contribution < -0.4 is 10.2 Å². The first-order chi connectivity index (χ1) is 8.86. The van der Waals surface area contributed by atoms with Crippen molar-refractivity contribution in [2.24, 2.45) is 0 Å². The molecule has 7 heteroatoms. The van der Waals surface area contributed by atoms with E-state index >= 15 is 0 Å². The number of carbonyl (C=O) groups excluding carboxylic acids is 2. The van der Waals surface area contributed by atoms with Crippen molar-refractivity contribution in [1.82, 2.24) is 15.2 Å². The van der Waals surface area contributed by atoms with E-state index < -0.39 is 0 Å². The second-order valence-electron chi connectivity index (χ2n) is 4.25. The average molecular weight is 329 g/mol. The maximum Gasteiger partial charge on any atom is 0.257 e. The van der Waals surface area contributed by atoms with Gasteiger partial charge in [-0.25, -0.2) is 4.98 Å². The molecule has 0 aliphatic heterocycles. The Morgan fingerprint density at radius 3 is 2.53 bits per heavy atom. The van der Waals surface area contributed by atoms with Crippen LogP contribution in [0.25, 0.3) is 0 Å². The molecular formula is C12H17BrN4O2. The number of halogens is 1. The van der Waals surface area contributed by atoms with Crippen LogP contribution in [0.1, 0.15) is 10.4 Å². The van der Waals surface area contributed by atoms with Crippen molar-refractivity contribution >= 4 is 33.6 Å². The van der Waals surface area contributed by atoms with Crippen molar-refractivity contribution < 1.29 is 9.59 Å². The zero-order valence-corrected chi connectivity index (χ0v) is 13.0. The molecule has 0 bridgehead atoms. The van der Waals surface area contributed by atoms with Gasteiger partial charge in [0.05, 0.1) is 12.1 Å². The molecule has 104 valence electrons. The number of nitrogens with zero attached hydrogens (tertiary/aromatic N) is 3. The molecule has 1 aromatic heterocycles. The van der Waals surface area contributed by atoms with Crippen LogP contribution >= 0.6 is 15.9 Å². The molecule has 1 aromatic rings. The van der Waals surface area contributed by atoms with Crippen molar-refractivity contribution in [2.75, 3.05) is 39.6 Å². The maximum absolute atomic E-state index is 12.3. The Labute approximate surface area is 120 Å². The molecule has 0 spiro atoms. The zero-order chi connectivity index (χ0) is 14.6. The van der Waals surface area contributed by atoms with E-state index in [9.17, 15) is 9.59 Å². The number of nitrogens with one attached hydrogen (secondary N) is 1. The van der Waals surface area contributed by atoms with Gasteiger partial charge in [0.2, 0.25) is 5.91 Å². The van der Waals surface area contributed by atoms with Crippen LogP contribution in [-0.2, 0) is 4.79 Å². The lowest BCUT2D eigenvalue weighted by Crippen LogP contribution is -2.37. The molecule has 1 heterocycles. The summed E-state index contributed by atoms with van der Waals surface area (Å²) in [5.74, 6) is 0.100. The molecule has 0 fully saturated rings. The van der Waals surface area contributed by atoms with Crippen molar-refractivity contribution in [3.05, 3.63) is 22.3 Å². The summed E-state index contributed by atoms with van der Waals surface area (Å²) in [4.78, 5) is 31.0. The third-order valence-corrected chi connectivity index (χ3v) is 2.93. The quantitative estimate of drug-likeness (QED) is 0.884. The molecule has 0 aromatic carbocycles. The van der Waals surface area contributed by atoms with Gasteiger partial charge in [-0.3, -0.25) is 9.59 Å². The van der Waals surface area contributed by atoms with Crippen molar-refractivity contribution in [2.45, 2.75) is 0 Å². The lowest BCUT2D eigenvalue weighted by molar-refractivity contribution is -0.121. The van der Waals surface area contributed by atoms with Crippen LogP contribution in [0.3, 0.4) is 0 Å². The zero-order valence-electron chi connectivity index (χ0n) is 11.4. The van der Waals surface area contributed by atoms with Crippen LogP contribution in [0.2, 0.25) is 0 Å². The number of pyridine rings is 1. The minimum atomic E-state index is -0.249. The van der Waals surface area contributed by atoms with Crippen LogP contribution in [0.15, 0.2) is 16.7 Å². The standard InChI is InChI=1S/C12H17BrN4O2/c1-14-10(18)7-17(4)12(19)9-5-8(13)6-15-11(9)16(2)3/h5-6H,7H2,1-4H3,(H,14,18). The van der Waals surface area contributed by atoms with E-state index in [0.717, 1.165) is 4.47 Å². The first kappa shape index (κ1) is 15.4. The number of amides is 2. The first-order valence-electron chi connectivity index (χ1n) is 5.65. The molecule has 2 amide bonds. The fraction of sp³-hybridized carbons (Fsp3) is 0.417. The van der Waals surface area contributed by atoms with Crippen molar-refractivity contribution in [3.8, 4) is 0 Å². The second kappa shape index (κ2) is 6.51. The molecule has 6 nitrogen and oxygen atoms in total. The van der Waals surface area contributed by atoms with E-state index in [1.54, 1.807) is 24.2 Å². The fourth-order valence-electron chi connectivity index (χ4n) is 1.52. The minimum Gasteiger partial charge on any atom is -0.362 e. The Bertz CT molecular complexity index is 491. The van der Waals surface area contributed by atoms with Gasteiger partial charge < -0.3 is 15.1 Å². The largest absolute Gasteiger partial charge is 0.362 e. The van der Waals surface area contributed by atoms with Gasteiger partial charge in [0.1, 0.15) is 5.82 Å². The molecule has 0 aliphatic rings. The molecule has 0 saturated heterocycles. The molecule has 0 aliphatic carbocycles. The van der Waals surface area contributed by atoms with Crippen LogP contribution in [-0.4, -0.2) is 56.4 Å². The summed E-state index contributed by atoms with van der Waals surface area (Å²) in [6.07, 6.45) is 1.63. The Morgan fingerprint density at radius 1 is 1.37 bits per heavy atom. The number of likely N-dealkylation sites (N-methyl/N-ethyl adjacent to an activating group) is 2. The van der Waals surface area contributed by atoms with Gasteiger partial charge in [0.25, 0.3) is 5.91 Å². The summed E-state index contributed by atoms with van der Waals surface area (Å²) in [7, 11) is 6.74. The van der Waals surface area contributed by atoms with Gasteiger partial charge >= 0.3 is 0 Å². The van der Waals surface area contributed by atoms with Crippen molar-refractivity contribution in [3.63, 3.8) is 0 Å². The molecule has 1 rings (SSSR count). The Balaban J connectivity index is 3.04. The summed E-state index contributed by atoms with van der Waals surface area (Å²) >= 11 is 3.30. The predicted octanol–water partition coefficient (Wildman–Crippen LogP) is 0.728. The normalized spacial score (nSPS) is 9.95. The van der Waals surface area contributed by atoms with Gasteiger partial charge in [0, 0.05) is 38.9 Å². The van der Waals surface area contributed by atoms with Gasteiger partial charge in [-0.05, 0) is 22.0 Å². The number of rotatable bonds is 4. The highest BCUT2D eigenvalue weighted by Gasteiger charge is 2.20. The number of aromatic nitrogens is 1. The monoisotopic (exact) mass is 328 g/mol. The van der Waals surface area contributed by atoms with Gasteiger partial charge in [0.15, 0.2) is 0 Å². The Kier molecular flexibility index (Phi) is 5.29. The van der Waals surface area contributed by atoms with E-state index in [1.165, 1.54) is 11.9 Å². The minimum absolute atomic E-state index is 0.00865. The molecule has 1 N–H and O–H groups in total. The highest BCUT2D eigenvalue weighted by Crippen LogP contribution is 2.21. The number of anilines is 1. The topological polar surface area (TPSA) is 65.5 Å². The lowest BCUT2D eigenvalue weighted by Gasteiger charge is -2.20. The number of hydrogen-bond acceptors (Lipinski definition) is 4. The molecule has 0 radical (unpaired) electrons. The van der Waals surface area contributed by atoms with E-state index in [1.807, 2.05) is 14.1 Å². The van der Waals surface area contributed by atoms with Crippen LogP contribution in [0, 0.1) is 0 Å². The average Bonchev–Trinajstić information content (AvgIpc) is 2.36. The van der Waals surface area contributed by atoms with E-state index in [-0.39, 0.29) is 18.4 Å². The highest BCUT2D eigenvalue weighted by molar-refractivity contribution is 9.10. The van der Waals surface area contributed by atoms with Crippen molar-refractivity contribution in [1.29, 1.82) is 0 Å². The molecule has 0 atom stereocenters. The SMILES string of the molecule is CNC(=O)CN(C)C(=O)c1cc(Br)cnc1N(C)C. The first-order valence-corrected chi connectivity index (χ1v) is 6.45. The van der Waals surface area contributed by atoms with Crippen LogP contribution in [0.5, 0.6) is 0 Å². The molecular weight excluding hydrogens is 312 g/mol. The summed E-state index contributed by atoms with van der Waals surface area (Å²) in [6, 6.07) is 1.70. The van der Waals surface area contributed by atoms with Gasteiger partial charge in [-0.2, -0.15) is 0 Å². The highest BCUT2D eigenvalue weighted by atomic mass is 79.9. The lowest BCUT2D eigenvalue weighted by atomic mass is 10.2. The van der Waals surface area contributed by atoms with Gasteiger partial charge in [-0.1, -0.05) is 0 Å². The third kappa shape index (κ3) is 3.92. The van der Waals surface area contributed by atoms with Gasteiger partial charge in [-0.15, -0.1) is 0 Å². The number of hydrogen-bond donors (Lipinski definition) is 1. The summed E-state index contributed by atoms with van der Waals surface area (Å²) in [6.45, 7) is 0.00865. The second-order valence-corrected chi connectivity index (χ2v) is 5.17. The summed E-state index contributed by atoms with van der Waals surface area (Å²) in [5.41, 5.74) is 0.450. The molecule has 19 heavy (non-hydrogen) atoms.